The highest BCUT2D eigenvalue weighted by atomic mass is 35.5. The number of carbonyl (C=O) groups is 1. The molecule has 0 aromatic heterocycles. The topological polar surface area (TPSA) is 75.3 Å². The van der Waals surface area contributed by atoms with E-state index >= 15 is 0 Å². The van der Waals surface area contributed by atoms with E-state index in [0.29, 0.717) is 13.0 Å². The summed E-state index contributed by atoms with van der Waals surface area (Å²) >= 11 is 5.44. The third-order valence-electron chi connectivity index (χ3n) is 2.37. The van der Waals surface area contributed by atoms with Crippen LogP contribution in [0.2, 0.25) is 0 Å². The molecule has 4 nitrogen and oxygen atoms in total. The number of rotatable bonds is 4. The molecule has 76 valence electrons. The molecule has 1 fully saturated rings. The summed E-state index contributed by atoms with van der Waals surface area (Å²) in [6.45, 7) is 0.715. The molecule has 5 heteroatoms. The van der Waals surface area contributed by atoms with Crippen LogP contribution in [-0.2, 0) is 4.79 Å². The molecule has 13 heavy (non-hydrogen) atoms. The highest BCUT2D eigenvalue weighted by Crippen LogP contribution is 2.16. The zero-order valence-electron chi connectivity index (χ0n) is 7.37. The Hall–Kier alpha value is -0.320. The summed E-state index contributed by atoms with van der Waals surface area (Å²) in [4.78, 5) is 11.1. The lowest BCUT2D eigenvalue weighted by Crippen LogP contribution is -2.38. The molecule has 0 unspecified atom stereocenters. The molecule has 0 bridgehead atoms. The van der Waals surface area contributed by atoms with E-state index in [9.17, 15) is 9.90 Å². The van der Waals surface area contributed by atoms with Crippen molar-refractivity contribution in [3.8, 4) is 0 Å². The van der Waals surface area contributed by atoms with Gasteiger partial charge in [-0.25, -0.2) is 0 Å². The average Bonchev–Trinajstić information content (AvgIpc) is 2.50. The predicted octanol–water partition coefficient (Wildman–Crippen LogP) is -0.560. The fourth-order valence-corrected chi connectivity index (χ4v) is 1.70. The maximum absolute atomic E-state index is 11.1. The minimum absolute atomic E-state index is 0.0391. The van der Waals surface area contributed by atoms with Crippen LogP contribution in [0.3, 0.4) is 0 Å². The summed E-state index contributed by atoms with van der Waals surface area (Å²) < 4.78 is 0. The number of nitrogens with one attached hydrogen (secondary N) is 1. The summed E-state index contributed by atoms with van der Waals surface area (Å²) in [6.07, 6.45) is 0.608. The lowest BCUT2D eigenvalue weighted by atomic mass is 9.96. The molecule has 0 aliphatic carbocycles. The van der Waals surface area contributed by atoms with E-state index in [-0.39, 0.29) is 17.7 Å². The second kappa shape index (κ2) is 4.79. The van der Waals surface area contributed by atoms with E-state index in [4.69, 9.17) is 17.3 Å². The molecule has 1 rings (SSSR count). The molecular formula is C8H15ClN2O2. The average molecular weight is 207 g/mol. The van der Waals surface area contributed by atoms with E-state index in [1.54, 1.807) is 0 Å². The summed E-state index contributed by atoms with van der Waals surface area (Å²) in [5.41, 5.74) is 5.66. The smallest absolute Gasteiger partial charge is 0.223 e. The lowest BCUT2D eigenvalue weighted by molar-refractivity contribution is -0.122. The van der Waals surface area contributed by atoms with Gasteiger partial charge < -0.3 is 16.2 Å². The van der Waals surface area contributed by atoms with Crippen molar-refractivity contribution in [2.45, 2.75) is 25.0 Å². The lowest BCUT2D eigenvalue weighted by Gasteiger charge is -2.18. The molecular weight excluding hydrogens is 192 g/mol. The zero-order chi connectivity index (χ0) is 9.84. The molecule has 0 saturated carbocycles. The minimum atomic E-state index is -0.713. The van der Waals surface area contributed by atoms with Crippen molar-refractivity contribution < 1.29 is 9.90 Å². The van der Waals surface area contributed by atoms with Crippen molar-refractivity contribution in [3.05, 3.63) is 0 Å². The van der Waals surface area contributed by atoms with Crippen LogP contribution in [0.4, 0.5) is 0 Å². The van der Waals surface area contributed by atoms with Crippen molar-refractivity contribution in [1.29, 1.82) is 0 Å². The maximum atomic E-state index is 11.1. The quantitative estimate of drug-likeness (QED) is 0.540. The largest absolute Gasteiger partial charge is 0.390 e. The molecule has 0 aromatic carbocycles. The van der Waals surface area contributed by atoms with Crippen LogP contribution in [0.25, 0.3) is 0 Å². The first-order valence-corrected chi connectivity index (χ1v) is 4.96. The SMILES string of the molecule is N[C@@H](C[C@@H]1CCNC1=O)[C@H](O)CCl. The van der Waals surface area contributed by atoms with Gasteiger partial charge in [0.25, 0.3) is 0 Å². The predicted molar refractivity (Wildman–Crippen MR) is 50.4 cm³/mol. The first-order valence-electron chi connectivity index (χ1n) is 4.42. The van der Waals surface area contributed by atoms with Gasteiger partial charge in [-0.3, -0.25) is 4.79 Å². The Kier molecular flexibility index (Phi) is 3.96. The standard InChI is InChI=1S/C8H15ClN2O2/c9-4-7(12)6(10)3-5-1-2-11-8(5)13/h5-7,12H,1-4,10H2,(H,11,13)/t5-,6-,7+/m0/s1. The van der Waals surface area contributed by atoms with Crippen LogP contribution in [0, 0.1) is 5.92 Å². The van der Waals surface area contributed by atoms with Gasteiger partial charge in [0.1, 0.15) is 0 Å². The van der Waals surface area contributed by atoms with Gasteiger partial charge in [0.2, 0.25) is 5.91 Å². The van der Waals surface area contributed by atoms with E-state index in [2.05, 4.69) is 5.32 Å². The summed E-state index contributed by atoms with van der Waals surface area (Å²) in [6, 6.07) is -0.397. The van der Waals surface area contributed by atoms with Crippen LogP contribution in [0.1, 0.15) is 12.8 Å². The van der Waals surface area contributed by atoms with Crippen LogP contribution in [0.15, 0.2) is 0 Å². The van der Waals surface area contributed by atoms with Crippen LogP contribution < -0.4 is 11.1 Å². The Morgan fingerprint density at radius 2 is 2.46 bits per heavy atom. The minimum Gasteiger partial charge on any atom is -0.390 e. The first kappa shape index (κ1) is 10.8. The number of nitrogens with two attached hydrogens (primary N) is 1. The van der Waals surface area contributed by atoms with Gasteiger partial charge in [0, 0.05) is 24.4 Å². The van der Waals surface area contributed by atoms with E-state index in [1.165, 1.54) is 0 Å². The number of alkyl halides is 1. The molecule has 4 N–H and O–H groups in total. The Bertz CT molecular complexity index is 189. The second-order valence-electron chi connectivity index (χ2n) is 3.40. The van der Waals surface area contributed by atoms with Crippen molar-refractivity contribution in [3.63, 3.8) is 0 Å². The van der Waals surface area contributed by atoms with Crippen molar-refractivity contribution in [2.24, 2.45) is 11.7 Å². The maximum Gasteiger partial charge on any atom is 0.223 e. The number of carbonyl (C=O) groups excluding carboxylic acids is 1. The van der Waals surface area contributed by atoms with E-state index < -0.39 is 12.1 Å². The fourth-order valence-electron chi connectivity index (χ4n) is 1.47. The van der Waals surface area contributed by atoms with Gasteiger partial charge in [-0.15, -0.1) is 11.6 Å². The normalized spacial score (nSPS) is 27.0. The fraction of sp³-hybridized carbons (Fsp3) is 0.875. The third kappa shape index (κ3) is 2.83. The van der Waals surface area contributed by atoms with Gasteiger partial charge in [-0.05, 0) is 12.8 Å². The molecule has 1 heterocycles. The van der Waals surface area contributed by atoms with E-state index in [0.717, 1.165) is 6.42 Å². The Morgan fingerprint density at radius 1 is 1.77 bits per heavy atom. The number of aliphatic hydroxyl groups is 1. The molecule has 3 atom stereocenters. The molecule has 0 spiro atoms. The summed E-state index contributed by atoms with van der Waals surface area (Å²) in [5, 5.41) is 12.0. The molecule has 1 aliphatic heterocycles. The van der Waals surface area contributed by atoms with Crippen molar-refractivity contribution in [2.75, 3.05) is 12.4 Å². The number of hydrogen-bond acceptors (Lipinski definition) is 3. The number of halogens is 1. The molecule has 1 amide bonds. The molecule has 0 radical (unpaired) electrons. The van der Waals surface area contributed by atoms with Gasteiger partial charge >= 0.3 is 0 Å². The highest BCUT2D eigenvalue weighted by Gasteiger charge is 2.28. The zero-order valence-corrected chi connectivity index (χ0v) is 8.13. The van der Waals surface area contributed by atoms with Crippen LogP contribution in [-0.4, -0.2) is 35.6 Å². The van der Waals surface area contributed by atoms with E-state index in [1.807, 2.05) is 0 Å². The second-order valence-corrected chi connectivity index (χ2v) is 3.71. The van der Waals surface area contributed by atoms with Gasteiger partial charge in [0.05, 0.1) is 6.10 Å². The molecule has 1 saturated heterocycles. The summed E-state index contributed by atoms with van der Waals surface area (Å²) in [5.74, 6) is 0.111. The summed E-state index contributed by atoms with van der Waals surface area (Å²) in [7, 11) is 0. The first-order chi connectivity index (χ1) is 6.15. The molecule has 1 aliphatic rings. The van der Waals surface area contributed by atoms with Gasteiger partial charge in [-0.2, -0.15) is 0 Å². The van der Waals surface area contributed by atoms with Crippen LogP contribution in [0.5, 0.6) is 0 Å². The molecule has 0 aromatic rings. The number of aliphatic hydroxyl groups excluding tert-OH is 1. The highest BCUT2D eigenvalue weighted by molar-refractivity contribution is 6.18. The Morgan fingerprint density at radius 3 is 2.92 bits per heavy atom. The number of hydrogen-bond donors (Lipinski definition) is 3. The van der Waals surface area contributed by atoms with Crippen molar-refractivity contribution in [1.82, 2.24) is 5.32 Å². The van der Waals surface area contributed by atoms with Crippen molar-refractivity contribution >= 4 is 17.5 Å². The Labute approximate surface area is 82.4 Å². The van der Waals surface area contributed by atoms with Crippen LogP contribution >= 0.6 is 11.6 Å². The van der Waals surface area contributed by atoms with Gasteiger partial charge in [-0.1, -0.05) is 0 Å². The number of amides is 1. The third-order valence-corrected chi connectivity index (χ3v) is 2.69. The monoisotopic (exact) mass is 206 g/mol. The Balaban J connectivity index is 2.34. The van der Waals surface area contributed by atoms with Gasteiger partial charge in [0.15, 0.2) is 0 Å².